The Hall–Kier alpha value is -2.24. The molecule has 0 bridgehead atoms. The van der Waals surface area contributed by atoms with E-state index >= 15 is 0 Å². The fraction of sp³-hybridized carbons (Fsp3) is 0.235. The molecule has 0 radical (unpaired) electrons. The van der Waals surface area contributed by atoms with E-state index < -0.39 is 6.10 Å². The monoisotopic (exact) mass is 300 g/mol. The normalized spacial score (nSPS) is 12.6. The van der Waals surface area contributed by atoms with Gasteiger partial charge in [-0.3, -0.25) is 0 Å². The second kappa shape index (κ2) is 6.68. The molecule has 1 atom stereocenters. The number of aliphatic hydroxyl groups excluding tert-OH is 1. The predicted octanol–water partition coefficient (Wildman–Crippen LogP) is 2.75. The van der Waals surface area contributed by atoms with Crippen molar-refractivity contribution in [2.75, 3.05) is 6.61 Å². The second-order valence-corrected chi connectivity index (χ2v) is 5.15. The number of aliphatic hydroxyl groups is 1. The number of halogens is 1. The molecule has 3 aromatic rings. The molecule has 0 saturated carbocycles. The molecule has 0 saturated heterocycles. The molecule has 0 fully saturated rings. The highest BCUT2D eigenvalue weighted by Gasteiger charge is 2.09. The highest BCUT2D eigenvalue weighted by molar-refractivity contribution is 5.74. The van der Waals surface area contributed by atoms with Crippen LogP contribution in [0.2, 0.25) is 0 Å². The van der Waals surface area contributed by atoms with Gasteiger partial charge in [0.25, 0.3) is 0 Å². The summed E-state index contributed by atoms with van der Waals surface area (Å²) in [6, 6.07) is 14.2. The van der Waals surface area contributed by atoms with Crippen LogP contribution in [-0.4, -0.2) is 27.4 Å². The van der Waals surface area contributed by atoms with E-state index in [4.69, 9.17) is 4.74 Å². The number of imidazole rings is 1. The molecule has 0 aliphatic carbocycles. The minimum Gasteiger partial charge on any atom is -0.389 e. The molecule has 114 valence electrons. The Morgan fingerprint density at radius 3 is 2.77 bits per heavy atom. The number of nitrogens with zero attached hydrogens (tertiary/aromatic N) is 2. The lowest BCUT2D eigenvalue weighted by Gasteiger charge is -2.13. The van der Waals surface area contributed by atoms with Crippen LogP contribution in [0.5, 0.6) is 0 Å². The van der Waals surface area contributed by atoms with Crippen molar-refractivity contribution in [2.24, 2.45) is 0 Å². The minimum atomic E-state index is -0.677. The van der Waals surface area contributed by atoms with Gasteiger partial charge in [-0.15, -0.1) is 0 Å². The van der Waals surface area contributed by atoms with Crippen LogP contribution in [0.1, 0.15) is 5.56 Å². The lowest BCUT2D eigenvalue weighted by molar-refractivity contribution is 0.0199. The van der Waals surface area contributed by atoms with E-state index in [0.29, 0.717) is 12.1 Å². The maximum atomic E-state index is 13.4. The van der Waals surface area contributed by atoms with Gasteiger partial charge in [-0.2, -0.15) is 0 Å². The number of aromatic nitrogens is 2. The van der Waals surface area contributed by atoms with E-state index in [0.717, 1.165) is 11.0 Å². The number of para-hydroxylation sites is 2. The first kappa shape index (κ1) is 14.7. The smallest absolute Gasteiger partial charge is 0.128 e. The number of rotatable bonds is 6. The number of ether oxygens (including phenoxy) is 1. The van der Waals surface area contributed by atoms with Crippen molar-refractivity contribution in [2.45, 2.75) is 19.3 Å². The third-order valence-corrected chi connectivity index (χ3v) is 3.46. The van der Waals surface area contributed by atoms with E-state index in [1.54, 1.807) is 24.5 Å². The standard InChI is InChI=1S/C17H17FN2O2/c18-15-6-2-1-5-13(15)10-22-11-14(21)9-20-12-19-16-7-3-4-8-17(16)20/h1-8,12,14,21H,9-11H2. The van der Waals surface area contributed by atoms with Crippen LogP contribution >= 0.6 is 0 Å². The minimum absolute atomic E-state index is 0.140. The van der Waals surface area contributed by atoms with Crippen LogP contribution in [0, 0.1) is 5.82 Å². The van der Waals surface area contributed by atoms with Gasteiger partial charge < -0.3 is 14.4 Å². The van der Waals surface area contributed by atoms with E-state index in [1.807, 2.05) is 28.8 Å². The van der Waals surface area contributed by atoms with E-state index in [1.165, 1.54) is 6.07 Å². The fourth-order valence-electron chi connectivity index (χ4n) is 2.36. The molecule has 0 aliphatic heterocycles. The third-order valence-electron chi connectivity index (χ3n) is 3.46. The maximum absolute atomic E-state index is 13.4. The summed E-state index contributed by atoms with van der Waals surface area (Å²) < 4.78 is 20.7. The number of hydrogen-bond acceptors (Lipinski definition) is 3. The second-order valence-electron chi connectivity index (χ2n) is 5.15. The molecule has 1 heterocycles. The van der Waals surface area contributed by atoms with Gasteiger partial charge in [0.1, 0.15) is 5.82 Å². The van der Waals surface area contributed by atoms with E-state index in [2.05, 4.69) is 4.98 Å². The van der Waals surface area contributed by atoms with Crippen molar-refractivity contribution in [1.82, 2.24) is 9.55 Å². The number of hydrogen-bond donors (Lipinski definition) is 1. The third kappa shape index (κ3) is 3.32. The molecule has 4 nitrogen and oxygen atoms in total. The number of fused-ring (bicyclic) bond motifs is 1. The SMILES string of the molecule is OC(COCc1ccccc1F)Cn1cnc2ccccc21. The Morgan fingerprint density at radius 2 is 1.91 bits per heavy atom. The summed E-state index contributed by atoms with van der Waals surface area (Å²) in [5.41, 5.74) is 2.35. The topological polar surface area (TPSA) is 47.3 Å². The number of benzene rings is 2. The molecular weight excluding hydrogens is 283 g/mol. The Kier molecular flexibility index (Phi) is 4.46. The van der Waals surface area contributed by atoms with Crippen molar-refractivity contribution in [1.29, 1.82) is 0 Å². The molecule has 2 aromatic carbocycles. The summed E-state index contributed by atoms with van der Waals surface area (Å²) >= 11 is 0. The molecule has 1 N–H and O–H groups in total. The molecule has 3 rings (SSSR count). The van der Waals surface area contributed by atoms with Crippen LogP contribution in [0.4, 0.5) is 4.39 Å². The molecular formula is C17H17FN2O2. The van der Waals surface area contributed by atoms with Gasteiger partial charge in [0.15, 0.2) is 0 Å². The lowest BCUT2D eigenvalue weighted by atomic mass is 10.2. The van der Waals surface area contributed by atoms with Crippen molar-refractivity contribution < 1.29 is 14.2 Å². The van der Waals surface area contributed by atoms with Crippen molar-refractivity contribution >= 4 is 11.0 Å². The molecule has 1 aromatic heterocycles. The summed E-state index contributed by atoms with van der Waals surface area (Å²) in [6.07, 6.45) is 1.02. The van der Waals surface area contributed by atoms with Crippen LogP contribution in [0.25, 0.3) is 11.0 Å². The molecule has 0 amide bonds. The first-order chi connectivity index (χ1) is 10.7. The highest BCUT2D eigenvalue weighted by atomic mass is 19.1. The van der Waals surface area contributed by atoms with Gasteiger partial charge in [-0.25, -0.2) is 9.37 Å². The van der Waals surface area contributed by atoms with Crippen molar-refractivity contribution in [3.63, 3.8) is 0 Å². The molecule has 22 heavy (non-hydrogen) atoms. The average molecular weight is 300 g/mol. The van der Waals surface area contributed by atoms with E-state index in [-0.39, 0.29) is 19.0 Å². The maximum Gasteiger partial charge on any atom is 0.128 e. The summed E-state index contributed by atoms with van der Waals surface area (Å²) in [6.45, 7) is 0.674. The highest BCUT2D eigenvalue weighted by Crippen LogP contribution is 2.13. The summed E-state index contributed by atoms with van der Waals surface area (Å²) in [7, 11) is 0. The van der Waals surface area contributed by atoms with E-state index in [9.17, 15) is 9.50 Å². The van der Waals surface area contributed by atoms with Crippen LogP contribution in [0.15, 0.2) is 54.9 Å². The summed E-state index contributed by atoms with van der Waals surface area (Å²) in [4.78, 5) is 4.27. The summed E-state index contributed by atoms with van der Waals surface area (Å²) in [5.74, 6) is -0.294. The van der Waals surface area contributed by atoms with Crippen LogP contribution in [-0.2, 0) is 17.9 Å². The van der Waals surface area contributed by atoms with Crippen molar-refractivity contribution in [3.05, 3.63) is 66.2 Å². The van der Waals surface area contributed by atoms with Gasteiger partial charge in [0.05, 0.1) is 43.2 Å². The first-order valence-corrected chi connectivity index (χ1v) is 7.13. The fourth-order valence-corrected chi connectivity index (χ4v) is 2.36. The quantitative estimate of drug-likeness (QED) is 0.761. The van der Waals surface area contributed by atoms with Crippen LogP contribution in [0.3, 0.4) is 0 Å². The van der Waals surface area contributed by atoms with Crippen LogP contribution < -0.4 is 0 Å². The Morgan fingerprint density at radius 1 is 1.14 bits per heavy atom. The zero-order valence-corrected chi connectivity index (χ0v) is 12.0. The molecule has 0 aliphatic rings. The van der Waals surface area contributed by atoms with Gasteiger partial charge in [-0.05, 0) is 18.2 Å². The average Bonchev–Trinajstić information content (AvgIpc) is 2.92. The molecule has 0 spiro atoms. The van der Waals surface area contributed by atoms with Gasteiger partial charge in [0, 0.05) is 5.56 Å². The Balaban J connectivity index is 1.54. The van der Waals surface area contributed by atoms with Gasteiger partial charge in [-0.1, -0.05) is 30.3 Å². The lowest BCUT2D eigenvalue weighted by Crippen LogP contribution is -2.21. The van der Waals surface area contributed by atoms with Gasteiger partial charge >= 0.3 is 0 Å². The summed E-state index contributed by atoms with van der Waals surface area (Å²) in [5, 5.41) is 10.1. The van der Waals surface area contributed by atoms with Crippen molar-refractivity contribution in [3.8, 4) is 0 Å². The molecule has 5 heteroatoms. The largest absolute Gasteiger partial charge is 0.389 e. The van der Waals surface area contributed by atoms with Gasteiger partial charge in [0.2, 0.25) is 0 Å². The zero-order valence-electron chi connectivity index (χ0n) is 12.0. The first-order valence-electron chi connectivity index (χ1n) is 7.13. The Labute approximate surface area is 127 Å². The molecule has 1 unspecified atom stereocenters. The zero-order chi connectivity index (χ0) is 15.4. The Bertz CT molecular complexity index is 757. The predicted molar refractivity (Wildman–Crippen MR) is 81.8 cm³/mol.